The van der Waals surface area contributed by atoms with Gasteiger partial charge in [-0.2, -0.15) is 10.2 Å². The number of fused-ring (bicyclic) bond motifs is 2. The number of carboxylic acid groups (broad SMARTS) is 1. The predicted molar refractivity (Wildman–Crippen MR) is 108 cm³/mol. The lowest BCUT2D eigenvalue weighted by atomic mass is 10.0. The van der Waals surface area contributed by atoms with Crippen molar-refractivity contribution in [2.45, 2.75) is 19.9 Å². The summed E-state index contributed by atoms with van der Waals surface area (Å²) < 4.78 is 25.6. The van der Waals surface area contributed by atoms with Gasteiger partial charge >= 0.3 is 6.09 Å². The van der Waals surface area contributed by atoms with Crippen LogP contribution in [0.1, 0.15) is 23.6 Å². The number of aromatic nitrogens is 3. The average Bonchev–Trinajstić information content (AvgIpc) is 3.21. The summed E-state index contributed by atoms with van der Waals surface area (Å²) in [6, 6.07) is 2.84. The maximum atomic E-state index is 14.6. The van der Waals surface area contributed by atoms with Gasteiger partial charge in [0.15, 0.2) is 0 Å². The fraction of sp³-hybridized carbons (Fsp3) is 0.238. The van der Waals surface area contributed by atoms with Gasteiger partial charge in [0.25, 0.3) is 0 Å². The van der Waals surface area contributed by atoms with Gasteiger partial charge in [-0.15, -0.1) is 0 Å². The van der Waals surface area contributed by atoms with Gasteiger partial charge in [-0.25, -0.2) is 14.2 Å². The molecule has 3 aromatic rings. The molecule has 0 spiro atoms. The number of nitrogens with zero attached hydrogens (tertiary/aromatic N) is 4. The first-order valence-corrected chi connectivity index (χ1v) is 9.36. The summed E-state index contributed by atoms with van der Waals surface area (Å²) in [5, 5.41) is 18.7. The molecule has 2 aromatic heterocycles. The van der Waals surface area contributed by atoms with Crippen molar-refractivity contribution in [1.82, 2.24) is 15.2 Å². The van der Waals surface area contributed by atoms with Crippen LogP contribution in [0.25, 0.3) is 16.5 Å². The third-order valence-corrected chi connectivity index (χ3v) is 4.94. The summed E-state index contributed by atoms with van der Waals surface area (Å²) >= 11 is 0. The first-order chi connectivity index (χ1) is 14.5. The molecule has 1 N–H and O–H groups in total. The maximum Gasteiger partial charge on any atom is 0.413 e. The number of halogens is 1. The van der Waals surface area contributed by atoms with E-state index in [1.54, 1.807) is 6.07 Å². The van der Waals surface area contributed by atoms with Crippen molar-refractivity contribution in [1.29, 1.82) is 0 Å². The molecule has 1 amide bonds. The Labute approximate surface area is 171 Å². The van der Waals surface area contributed by atoms with Crippen LogP contribution < -0.4 is 9.64 Å². The summed E-state index contributed by atoms with van der Waals surface area (Å²) in [5.41, 5.74) is 1.52. The molecule has 3 heterocycles. The number of benzene rings is 1. The number of rotatable bonds is 6. The highest BCUT2D eigenvalue weighted by Crippen LogP contribution is 2.34. The van der Waals surface area contributed by atoms with Crippen LogP contribution in [0.2, 0.25) is 0 Å². The quantitative estimate of drug-likeness (QED) is 0.618. The molecular weight excluding hydrogens is 391 g/mol. The summed E-state index contributed by atoms with van der Waals surface area (Å²) in [5.74, 6) is 0.594. The van der Waals surface area contributed by atoms with Crippen LogP contribution in [0.5, 0.6) is 5.75 Å². The zero-order chi connectivity index (χ0) is 21.3. The van der Waals surface area contributed by atoms with Crippen molar-refractivity contribution in [3.8, 4) is 5.75 Å². The van der Waals surface area contributed by atoms with Crippen molar-refractivity contribution in [2.75, 3.05) is 18.1 Å². The van der Waals surface area contributed by atoms with Crippen LogP contribution in [-0.4, -0.2) is 39.6 Å². The predicted octanol–water partition coefficient (Wildman–Crippen LogP) is 3.79. The Kier molecular flexibility index (Phi) is 5.18. The first kappa shape index (κ1) is 19.6. The van der Waals surface area contributed by atoms with Gasteiger partial charge in [0, 0.05) is 40.1 Å². The number of carbonyl (C=O) groups is 1. The van der Waals surface area contributed by atoms with E-state index in [9.17, 15) is 14.3 Å². The minimum atomic E-state index is -1.27. The van der Waals surface area contributed by atoms with Crippen molar-refractivity contribution in [3.05, 3.63) is 59.8 Å². The van der Waals surface area contributed by atoms with E-state index in [0.29, 0.717) is 53.0 Å². The lowest BCUT2D eigenvalue weighted by Gasteiger charge is -2.22. The number of pyridine rings is 1. The third kappa shape index (κ3) is 3.38. The topological polar surface area (TPSA) is 97.7 Å². The molecule has 0 unspecified atom stereocenters. The summed E-state index contributed by atoms with van der Waals surface area (Å²) in [7, 11) is 0. The monoisotopic (exact) mass is 410 g/mol. The van der Waals surface area contributed by atoms with Gasteiger partial charge in [-0.3, -0.25) is 4.90 Å². The summed E-state index contributed by atoms with van der Waals surface area (Å²) in [4.78, 5) is 17.5. The van der Waals surface area contributed by atoms with Crippen molar-refractivity contribution in [3.63, 3.8) is 0 Å². The second-order valence-electron chi connectivity index (χ2n) is 6.64. The van der Waals surface area contributed by atoms with E-state index in [1.165, 1.54) is 24.7 Å². The van der Waals surface area contributed by atoms with E-state index in [2.05, 4.69) is 21.8 Å². The number of anilines is 1. The zero-order valence-corrected chi connectivity index (χ0v) is 16.3. The van der Waals surface area contributed by atoms with Crippen molar-refractivity contribution >= 4 is 28.4 Å². The van der Waals surface area contributed by atoms with Crippen LogP contribution in [0.15, 0.2) is 37.3 Å². The van der Waals surface area contributed by atoms with Crippen LogP contribution in [0, 0.1) is 5.82 Å². The van der Waals surface area contributed by atoms with Crippen LogP contribution >= 0.6 is 0 Å². The Balaban J connectivity index is 1.82. The van der Waals surface area contributed by atoms with Crippen LogP contribution in [0.3, 0.4) is 0 Å². The molecule has 0 saturated carbocycles. The van der Waals surface area contributed by atoms with E-state index >= 15 is 0 Å². The maximum absolute atomic E-state index is 14.6. The molecule has 1 aliphatic heterocycles. The molecule has 0 bridgehead atoms. The molecule has 0 aliphatic carbocycles. The Morgan fingerprint density at radius 1 is 1.30 bits per heavy atom. The van der Waals surface area contributed by atoms with Crippen molar-refractivity contribution < 1.29 is 23.8 Å². The van der Waals surface area contributed by atoms with E-state index in [1.807, 2.05) is 6.92 Å². The fourth-order valence-electron chi connectivity index (χ4n) is 3.55. The molecule has 8 nitrogen and oxygen atoms in total. The van der Waals surface area contributed by atoms with Gasteiger partial charge in [0.1, 0.15) is 23.1 Å². The summed E-state index contributed by atoms with van der Waals surface area (Å²) in [6.45, 7) is 6.36. The van der Waals surface area contributed by atoms with Crippen molar-refractivity contribution in [2.24, 2.45) is 0 Å². The second-order valence-corrected chi connectivity index (χ2v) is 6.64. The van der Waals surface area contributed by atoms with Gasteiger partial charge in [-0.05, 0) is 19.1 Å². The van der Waals surface area contributed by atoms with Crippen LogP contribution in [0.4, 0.5) is 15.0 Å². The van der Waals surface area contributed by atoms with Gasteiger partial charge in [-0.1, -0.05) is 6.58 Å². The SMILES string of the molecule is C=C(OCC)c1cnc(N(Cc2c(F)ccc3c2CCO3)C(=O)O)c2cnncc12. The highest BCUT2D eigenvalue weighted by molar-refractivity contribution is 6.02. The molecule has 0 fully saturated rings. The number of hydrogen-bond acceptors (Lipinski definition) is 6. The van der Waals surface area contributed by atoms with Crippen LogP contribution in [-0.2, 0) is 17.7 Å². The molecule has 4 rings (SSSR count). The largest absolute Gasteiger partial charge is 0.494 e. The minimum Gasteiger partial charge on any atom is -0.494 e. The standard InChI is InChI=1S/C21H19FN4O4/c1-3-29-12(2)14-8-23-20(16-10-25-24-9-15(14)16)26(21(27)28)11-17-13-6-7-30-19(13)5-4-18(17)22/h4-5,8-10H,2-3,6-7,11H2,1H3,(H,27,28). The lowest BCUT2D eigenvalue weighted by Crippen LogP contribution is -2.30. The lowest BCUT2D eigenvalue weighted by molar-refractivity contribution is 0.201. The highest BCUT2D eigenvalue weighted by atomic mass is 19.1. The van der Waals surface area contributed by atoms with Gasteiger partial charge in [0.2, 0.25) is 0 Å². The smallest absolute Gasteiger partial charge is 0.413 e. The Bertz CT molecular complexity index is 1150. The van der Waals surface area contributed by atoms with E-state index < -0.39 is 11.9 Å². The molecule has 0 atom stereocenters. The zero-order valence-electron chi connectivity index (χ0n) is 16.3. The molecule has 0 radical (unpaired) electrons. The van der Waals surface area contributed by atoms with Gasteiger partial charge < -0.3 is 14.6 Å². The third-order valence-electron chi connectivity index (χ3n) is 4.94. The Hall–Kier alpha value is -3.75. The minimum absolute atomic E-state index is 0.122. The Morgan fingerprint density at radius 3 is 2.80 bits per heavy atom. The fourth-order valence-corrected chi connectivity index (χ4v) is 3.55. The molecule has 1 aliphatic rings. The van der Waals surface area contributed by atoms with E-state index in [-0.39, 0.29) is 17.9 Å². The molecule has 9 heteroatoms. The number of amides is 1. The number of ether oxygens (including phenoxy) is 2. The Morgan fingerprint density at radius 2 is 2.07 bits per heavy atom. The molecule has 154 valence electrons. The van der Waals surface area contributed by atoms with E-state index in [4.69, 9.17) is 9.47 Å². The average molecular weight is 410 g/mol. The highest BCUT2D eigenvalue weighted by Gasteiger charge is 2.26. The number of hydrogen-bond donors (Lipinski definition) is 1. The molecule has 30 heavy (non-hydrogen) atoms. The molecule has 1 aromatic carbocycles. The normalized spacial score (nSPS) is 12.3. The molecule has 0 saturated heterocycles. The molecular formula is C21H19FN4O4. The van der Waals surface area contributed by atoms with E-state index in [0.717, 1.165) is 4.90 Å². The second kappa shape index (κ2) is 7.94. The first-order valence-electron chi connectivity index (χ1n) is 9.36. The van der Waals surface area contributed by atoms with Gasteiger partial charge in [0.05, 0.1) is 32.2 Å². The summed E-state index contributed by atoms with van der Waals surface area (Å²) in [6.07, 6.45) is 3.64.